The summed E-state index contributed by atoms with van der Waals surface area (Å²) in [5.41, 5.74) is 2.58. The van der Waals surface area contributed by atoms with Crippen LogP contribution in [0, 0.1) is 0 Å². The van der Waals surface area contributed by atoms with E-state index in [1.165, 1.54) is 0 Å². The zero-order valence-corrected chi connectivity index (χ0v) is 18.4. The van der Waals surface area contributed by atoms with E-state index in [2.05, 4.69) is 9.97 Å². The van der Waals surface area contributed by atoms with Crippen molar-refractivity contribution in [2.45, 2.75) is 52.4 Å². The maximum Gasteiger partial charge on any atom is 0.264 e. The molecule has 0 amide bonds. The van der Waals surface area contributed by atoms with E-state index in [1.54, 1.807) is 12.1 Å². The summed E-state index contributed by atoms with van der Waals surface area (Å²) in [6.45, 7) is 7.84. The van der Waals surface area contributed by atoms with Crippen LogP contribution in [0.2, 0.25) is 0 Å². The fourth-order valence-electron chi connectivity index (χ4n) is 2.43. The molecule has 0 atom stereocenters. The van der Waals surface area contributed by atoms with Gasteiger partial charge in [0.05, 0.1) is 41.2 Å². The van der Waals surface area contributed by atoms with Gasteiger partial charge in [-0.1, -0.05) is 12.1 Å². The number of ether oxygens (including phenoxy) is 2. The number of nitrogens with zero attached hydrogens (tertiary/aromatic N) is 2. The van der Waals surface area contributed by atoms with E-state index in [-0.39, 0.29) is 12.2 Å². The summed E-state index contributed by atoms with van der Waals surface area (Å²) in [6.07, 6.45) is 2.90. The van der Waals surface area contributed by atoms with Crippen LogP contribution in [0.1, 0.15) is 45.0 Å². The summed E-state index contributed by atoms with van der Waals surface area (Å²) < 4.78 is 38.5. The van der Waals surface area contributed by atoms with Gasteiger partial charge < -0.3 is 9.47 Å². The molecule has 0 N–H and O–H groups in total. The molecule has 2 aromatic rings. The number of rotatable bonds is 11. The van der Waals surface area contributed by atoms with Gasteiger partial charge in [0.25, 0.3) is 10.1 Å². The van der Waals surface area contributed by atoms with Gasteiger partial charge in [0.15, 0.2) is 0 Å². The second kappa shape index (κ2) is 10.8. The van der Waals surface area contributed by atoms with Crippen LogP contribution in [-0.2, 0) is 37.0 Å². The lowest BCUT2D eigenvalue weighted by Gasteiger charge is -2.19. The molecule has 0 aromatic carbocycles. The van der Waals surface area contributed by atoms with Crippen molar-refractivity contribution in [1.82, 2.24) is 9.97 Å². The molecule has 2 aromatic heterocycles. The van der Waals surface area contributed by atoms with Gasteiger partial charge in [-0.05, 0) is 57.9 Å². The van der Waals surface area contributed by atoms with Crippen molar-refractivity contribution >= 4 is 10.1 Å². The Bertz CT molecular complexity index is 879. The first-order valence-electron chi connectivity index (χ1n) is 9.61. The molecule has 0 saturated carbocycles. The van der Waals surface area contributed by atoms with Gasteiger partial charge in [-0.2, -0.15) is 8.42 Å². The zero-order valence-electron chi connectivity index (χ0n) is 17.6. The standard InChI is InChI=1S/C21H30N2O5S/c1-21(2,3)27-14-6-5-13-26-15-17-9-7-11-19(22-17)20-12-8-10-18(23-20)16-28-29(4,24)25/h7-12H,5-6,13-16H2,1-4H3. The summed E-state index contributed by atoms with van der Waals surface area (Å²) in [4.78, 5) is 9.02. The Morgan fingerprint density at radius 2 is 1.41 bits per heavy atom. The molecule has 160 valence electrons. The molecule has 0 aliphatic carbocycles. The Morgan fingerprint density at radius 1 is 0.862 bits per heavy atom. The topological polar surface area (TPSA) is 87.6 Å². The highest BCUT2D eigenvalue weighted by Gasteiger charge is 2.09. The largest absolute Gasteiger partial charge is 0.376 e. The molecule has 0 bridgehead atoms. The molecular weight excluding hydrogens is 392 g/mol. The quantitative estimate of drug-likeness (QED) is 0.403. The first kappa shape index (κ1) is 23.4. The van der Waals surface area contributed by atoms with Gasteiger partial charge >= 0.3 is 0 Å². The molecule has 2 heterocycles. The lowest BCUT2D eigenvalue weighted by Crippen LogP contribution is -2.19. The van der Waals surface area contributed by atoms with Crippen molar-refractivity contribution in [2.24, 2.45) is 0 Å². The van der Waals surface area contributed by atoms with Gasteiger partial charge in [-0.25, -0.2) is 9.97 Å². The molecule has 0 fully saturated rings. The lowest BCUT2D eigenvalue weighted by molar-refractivity contribution is -0.00768. The minimum absolute atomic E-state index is 0.103. The minimum Gasteiger partial charge on any atom is -0.376 e. The normalized spacial score (nSPS) is 12.3. The highest BCUT2D eigenvalue weighted by molar-refractivity contribution is 7.85. The zero-order chi connectivity index (χ0) is 21.3. The number of unbranched alkanes of at least 4 members (excludes halogenated alkanes) is 1. The summed E-state index contributed by atoms with van der Waals surface area (Å²) in [7, 11) is -3.51. The van der Waals surface area contributed by atoms with E-state index in [1.807, 2.05) is 45.0 Å². The van der Waals surface area contributed by atoms with Crippen LogP contribution in [0.15, 0.2) is 36.4 Å². The highest BCUT2D eigenvalue weighted by Crippen LogP contribution is 2.16. The van der Waals surface area contributed by atoms with Crippen LogP contribution >= 0.6 is 0 Å². The SMILES string of the molecule is CC(C)(C)OCCCCOCc1cccc(-c2cccc(COS(C)(=O)=O)n2)n1. The average molecular weight is 423 g/mol. The number of aromatic nitrogens is 2. The van der Waals surface area contributed by atoms with E-state index in [0.717, 1.165) is 31.4 Å². The highest BCUT2D eigenvalue weighted by atomic mass is 32.2. The van der Waals surface area contributed by atoms with Crippen molar-refractivity contribution in [3.8, 4) is 11.4 Å². The molecule has 7 nitrogen and oxygen atoms in total. The molecule has 0 unspecified atom stereocenters. The van der Waals surface area contributed by atoms with E-state index in [4.69, 9.17) is 13.7 Å². The van der Waals surface area contributed by atoms with Crippen LogP contribution in [0.4, 0.5) is 0 Å². The van der Waals surface area contributed by atoms with Crippen LogP contribution in [0.25, 0.3) is 11.4 Å². The van der Waals surface area contributed by atoms with Crippen molar-refractivity contribution in [3.05, 3.63) is 47.8 Å². The Hall–Kier alpha value is -1.87. The molecular formula is C21H30N2O5S. The van der Waals surface area contributed by atoms with E-state index in [9.17, 15) is 8.42 Å². The first-order chi connectivity index (χ1) is 13.6. The van der Waals surface area contributed by atoms with E-state index >= 15 is 0 Å². The third-order valence-corrected chi connectivity index (χ3v) is 4.31. The van der Waals surface area contributed by atoms with Crippen molar-refractivity contribution in [2.75, 3.05) is 19.5 Å². The summed E-state index contributed by atoms with van der Waals surface area (Å²) in [5, 5.41) is 0. The second-order valence-corrected chi connectivity index (χ2v) is 9.36. The second-order valence-electron chi connectivity index (χ2n) is 7.72. The van der Waals surface area contributed by atoms with Crippen molar-refractivity contribution in [1.29, 1.82) is 0 Å². The first-order valence-corrected chi connectivity index (χ1v) is 11.4. The Kier molecular flexibility index (Phi) is 8.70. The number of hydrogen-bond donors (Lipinski definition) is 0. The van der Waals surface area contributed by atoms with Gasteiger partial charge in [0, 0.05) is 13.2 Å². The van der Waals surface area contributed by atoms with Crippen LogP contribution in [0.3, 0.4) is 0 Å². The molecule has 0 aliphatic heterocycles. The summed E-state index contributed by atoms with van der Waals surface area (Å²) in [5.74, 6) is 0. The lowest BCUT2D eigenvalue weighted by atomic mass is 10.2. The molecule has 8 heteroatoms. The van der Waals surface area contributed by atoms with E-state index < -0.39 is 10.1 Å². The predicted octanol–water partition coefficient (Wildman–Crippen LogP) is 3.73. The molecule has 29 heavy (non-hydrogen) atoms. The van der Waals surface area contributed by atoms with Gasteiger partial charge in [-0.3, -0.25) is 4.18 Å². The Balaban J connectivity index is 1.85. The van der Waals surface area contributed by atoms with Gasteiger partial charge in [-0.15, -0.1) is 0 Å². The third kappa shape index (κ3) is 9.94. The number of hydrogen-bond acceptors (Lipinski definition) is 7. The van der Waals surface area contributed by atoms with Gasteiger partial charge in [0.1, 0.15) is 6.61 Å². The van der Waals surface area contributed by atoms with Gasteiger partial charge in [0.2, 0.25) is 0 Å². The molecule has 2 rings (SSSR count). The molecule has 0 aliphatic rings. The Labute approximate surface area is 173 Å². The summed E-state index contributed by atoms with van der Waals surface area (Å²) >= 11 is 0. The maximum atomic E-state index is 11.1. The minimum atomic E-state index is -3.51. The average Bonchev–Trinajstić information content (AvgIpc) is 2.65. The fraction of sp³-hybridized carbons (Fsp3) is 0.524. The molecule has 0 spiro atoms. The monoisotopic (exact) mass is 422 g/mol. The number of pyridine rings is 2. The molecule has 0 saturated heterocycles. The predicted molar refractivity (Wildman–Crippen MR) is 112 cm³/mol. The fourth-order valence-corrected chi connectivity index (χ4v) is 2.77. The summed E-state index contributed by atoms with van der Waals surface area (Å²) in [6, 6.07) is 11.0. The maximum absolute atomic E-state index is 11.1. The molecule has 0 radical (unpaired) electrons. The van der Waals surface area contributed by atoms with Crippen LogP contribution < -0.4 is 0 Å². The van der Waals surface area contributed by atoms with Crippen molar-refractivity contribution in [3.63, 3.8) is 0 Å². The van der Waals surface area contributed by atoms with Crippen LogP contribution in [-0.4, -0.2) is 43.5 Å². The third-order valence-electron chi connectivity index (χ3n) is 3.76. The van der Waals surface area contributed by atoms with E-state index in [0.29, 0.717) is 30.3 Å². The van der Waals surface area contributed by atoms with Crippen molar-refractivity contribution < 1.29 is 22.1 Å². The van der Waals surface area contributed by atoms with Crippen LogP contribution in [0.5, 0.6) is 0 Å². The smallest absolute Gasteiger partial charge is 0.264 e. The Morgan fingerprint density at radius 3 is 1.97 bits per heavy atom.